The number of hydrogen-bond acceptors (Lipinski definition) is 6. The maximum atomic E-state index is 14.1. The third-order valence-corrected chi connectivity index (χ3v) is 6.04. The number of benzene rings is 3. The first-order chi connectivity index (χ1) is 18.6. The largest absolute Gasteiger partial charge is 0.494 e. The van der Waals surface area contributed by atoms with Crippen LogP contribution in [0.15, 0.2) is 72.8 Å². The van der Waals surface area contributed by atoms with Gasteiger partial charge in [-0.15, -0.1) is 5.10 Å². The Morgan fingerprint density at radius 1 is 0.974 bits per heavy atom. The quantitative estimate of drug-likeness (QED) is 0.316. The number of Topliss-reactive ketones (excluding diaryl/α,β-unsaturated/α-hetero) is 1. The van der Waals surface area contributed by atoms with Crippen LogP contribution in [0.4, 0.5) is 5.69 Å². The summed E-state index contributed by atoms with van der Waals surface area (Å²) in [6.45, 7) is 9.39. The zero-order valence-electron chi connectivity index (χ0n) is 22.8. The molecule has 0 spiro atoms. The Balaban J connectivity index is 1.82. The molecular formula is C30H33N5O4. The van der Waals surface area contributed by atoms with Crippen LogP contribution in [0.1, 0.15) is 56.6 Å². The van der Waals surface area contributed by atoms with Crippen LogP contribution in [-0.4, -0.2) is 44.7 Å². The average molecular weight is 528 g/mol. The highest BCUT2D eigenvalue weighted by molar-refractivity contribution is 6.02. The van der Waals surface area contributed by atoms with E-state index in [4.69, 9.17) is 4.74 Å². The van der Waals surface area contributed by atoms with Crippen molar-refractivity contribution in [3.05, 3.63) is 83.9 Å². The number of rotatable bonds is 9. The lowest BCUT2D eigenvalue weighted by Gasteiger charge is -2.34. The van der Waals surface area contributed by atoms with Crippen LogP contribution in [-0.2, 0) is 16.1 Å². The molecule has 0 aliphatic carbocycles. The third kappa shape index (κ3) is 6.49. The molecule has 2 amide bonds. The Morgan fingerprint density at radius 2 is 1.64 bits per heavy atom. The van der Waals surface area contributed by atoms with E-state index in [9.17, 15) is 14.4 Å². The fourth-order valence-corrected chi connectivity index (χ4v) is 4.30. The number of para-hydroxylation sites is 1. The predicted molar refractivity (Wildman–Crippen MR) is 150 cm³/mol. The topological polar surface area (TPSA) is 106 Å². The standard InChI is InChI=1S/C30H33N5O4/c1-6-39-24-17-13-22(14-18-24)28(29(38)31-30(3,4)5)35(23-15-11-21(12-16-23)20(2)36)27(37)19-34-26-10-8-7-9-25(26)32-33-34/h7-18,28H,6,19H2,1-5H3,(H,31,38)/t28-/m0/s1. The van der Waals surface area contributed by atoms with Crippen molar-refractivity contribution in [1.82, 2.24) is 20.3 Å². The number of nitrogens with zero attached hydrogens (tertiary/aromatic N) is 4. The van der Waals surface area contributed by atoms with E-state index >= 15 is 0 Å². The summed E-state index contributed by atoms with van der Waals surface area (Å²) < 4.78 is 7.11. The van der Waals surface area contributed by atoms with E-state index in [0.29, 0.717) is 40.2 Å². The lowest BCUT2D eigenvalue weighted by Crippen LogP contribution is -2.50. The van der Waals surface area contributed by atoms with E-state index in [-0.39, 0.29) is 24.1 Å². The Labute approximate surface area is 227 Å². The molecule has 4 aromatic rings. The highest BCUT2D eigenvalue weighted by atomic mass is 16.5. The Hall–Kier alpha value is -4.53. The van der Waals surface area contributed by atoms with Gasteiger partial charge < -0.3 is 10.1 Å². The number of aromatic nitrogens is 3. The van der Waals surface area contributed by atoms with Crippen molar-refractivity contribution in [1.29, 1.82) is 0 Å². The van der Waals surface area contributed by atoms with E-state index in [1.807, 2.05) is 52.0 Å². The summed E-state index contributed by atoms with van der Waals surface area (Å²) in [5.74, 6) is -0.153. The molecule has 202 valence electrons. The van der Waals surface area contributed by atoms with Crippen LogP contribution in [0, 0.1) is 0 Å². The molecule has 3 aromatic carbocycles. The Morgan fingerprint density at radius 3 is 2.26 bits per heavy atom. The second-order valence-corrected chi connectivity index (χ2v) is 10.2. The smallest absolute Gasteiger partial charge is 0.249 e. The second-order valence-electron chi connectivity index (χ2n) is 10.2. The number of nitrogens with one attached hydrogen (secondary N) is 1. The van der Waals surface area contributed by atoms with Gasteiger partial charge in [-0.05, 0) is 88.7 Å². The Kier molecular flexibility index (Phi) is 8.09. The summed E-state index contributed by atoms with van der Waals surface area (Å²) in [7, 11) is 0. The minimum Gasteiger partial charge on any atom is -0.494 e. The average Bonchev–Trinajstić information content (AvgIpc) is 3.29. The zero-order chi connectivity index (χ0) is 28.2. The van der Waals surface area contributed by atoms with Gasteiger partial charge >= 0.3 is 0 Å². The maximum absolute atomic E-state index is 14.1. The molecule has 1 N–H and O–H groups in total. The van der Waals surface area contributed by atoms with E-state index in [2.05, 4.69) is 15.6 Å². The fourth-order valence-electron chi connectivity index (χ4n) is 4.30. The highest BCUT2D eigenvalue weighted by Gasteiger charge is 2.35. The van der Waals surface area contributed by atoms with Crippen molar-refractivity contribution in [2.24, 2.45) is 0 Å². The number of carbonyl (C=O) groups is 3. The van der Waals surface area contributed by atoms with Gasteiger partial charge in [-0.3, -0.25) is 19.3 Å². The lowest BCUT2D eigenvalue weighted by molar-refractivity contribution is -0.128. The molecule has 0 bridgehead atoms. The van der Waals surface area contributed by atoms with Gasteiger partial charge in [0.05, 0.1) is 12.1 Å². The minimum atomic E-state index is -1.01. The molecule has 0 saturated heterocycles. The molecule has 0 radical (unpaired) electrons. The van der Waals surface area contributed by atoms with E-state index < -0.39 is 11.6 Å². The van der Waals surface area contributed by atoms with Gasteiger partial charge in [0.2, 0.25) is 11.8 Å². The lowest BCUT2D eigenvalue weighted by atomic mass is 10.00. The molecule has 1 aromatic heterocycles. The molecule has 1 heterocycles. The van der Waals surface area contributed by atoms with Crippen molar-refractivity contribution in [3.63, 3.8) is 0 Å². The van der Waals surface area contributed by atoms with Crippen molar-refractivity contribution in [2.45, 2.75) is 52.7 Å². The van der Waals surface area contributed by atoms with Crippen LogP contribution in [0.3, 0.4) is 0 Å². The summed E-state index contributed by atoms with van der Waals surface area (Å²) in [5, 5.41) is 11.4. The minimum absolute atomic E-state index is 0.0953. The fraction of sp³-hybridized carbons (Fsp3) is 0.300. The number of fused-ring (bicyclic) bond motifs is 1. The first kappa shape index (κ1) is 27.5. The summed E-state index contributed by atoms with van der Waals surface area (Å²) in [6.07, 6.45) is 0. The van der Waals surface area contributed by atoms with E-state index in [0.717, 1.165) is 0 Å². The van der Waals surface area contributed by atoms with E-state index in [1.165, 1.54) is 16.5 Å². The van der Waals surface area contributed by atoms with Crippen LogP contribution in [0.2, 0.25) is 0 Å². The number of ether oxygens (including phenoxy) is 1. The molecule has 9 nitrogen and oxygen atoms in total. The van der Waals surface area contributed by atoms with Crippen molar-refractivity contribution < 1.29 is 19.1 Å². The van der Waals surface area contributed by atoms with Crippen molar-refractivity contribution >= 4 is 34.3 Å². The number of ketones is 1. The summed E-state index contributed by atoms with van der Waals surface area (Å²) in [6, 6.07) is 20.1. The molecule has 0 unspecified atom stereocenters. The maximum Gasteiger partial charge on any atom is 0.249 e. The molecule has 1 atom stereocenters. The summed E-state index contributed by atoms with van der Waals surface area (Å²) in [5.41, 5.74) is 2.40. The molecular weight excluding hydrogens is 494 g/mol. The Bertz CT molecular complexity index is 1470. The number of amides is 2. The third-order valence-electron chi connectivity index (χ3n) is 6.04. The van der Waals surface area contributed by atoms with Crippen molar-refractivity contribution in [2.75, 3.05) is 11.5 Å². The first-order valence-corrected chi connectivity index (χ1v) is 12.8. The highest BCUT2D eigenvalue weighted by Crippen LogP contribution is 2.31. The predicted octanol–water partition coefficient (Wildman–Crippen LogP) is 4.72. The van der Waals surface area contributed by atoms with Gasteiger partial charge in [-0.1, -0.05) is 29.5 Å². The first-order valence-electron chi connectivity index (χ1n) is 12.8. The number of carbonyl (C=O) groups excluding carboxylic acids is 3. The molecule has 0 saturated carbocycles. The van der Waals surface area contributed by atoms with Crippen molar-refractivity contribution in [3.8, 4) is 5.75 Å². The molecule has 0 aliphatic heterocycles. The zero-order valence-corrected chi connectivity index (χ0v) is 22.8. The van der Waals surface area contributed by atoms with Gasteiger partial charge in [-0.2, -0.15) is 0 Å². The normalized spacial score (nSPS) is 12.1. The van der Waals surface area contributed by atoms with Gasteiger partial charge in [0.1, 0.15) is 23.9 Å². The SMILES string of the molecule is CCOc1ccc([C@@H](C(=O)NC(C)(C)C)N(C(=O)Cn2nnc3ccccc32)c2ccc(C(C)=O)cc2)cc1. The van der Waals surface area contributed by atoms with Gasteiger partial charge in [0, 0.05) is 16.8 Å². The van der Waals surface area contributed by atoms with Crippen LogP contribution >= 0.6 is 0 Å². The second kappa shape index (κ2) is 11.5. The molecule has 4 rings (SSSR count). The summed E-state index contributed by atoms with van der Waals surface area (Å²) in [4.78, 5) is 41.3. The molecule has 0 aliphatic rings. The number of anilines is 1. The van der Waals surface area contributed by atoms with Crippen LogP contribution in [0.25, 0.3) is 11.0 Å². The molecule has 9 heteroatoms. The van der Waals surface area contributed by atoms with Gasteiger partial charge in [-0.25, -0.2) is 4.68 Å². The molecule has 39 heavy (non-hydrogen) atoms. The monoisotopic (exact) mass is 527 g/mol. The van der Waals surface area contributed by atoms with Gasteiger partial charge in [0.25, 0.3) is 0 Å². The van der Waals surface area contributed by atoms with Gasteiger partial charge in [0.15, 0.2) is 5.78 Å². The molecule has 0 fully saturated rings. The van der Waals surface area contributed by atoms with E-state index in [1.54, 1.807) is 48.5 Å². The van der Waals surface area contributed by atoms with Crippen LogP contribution in [0.5, 0.6) is 5.75 Å². The number of hydrogen-bond donors (Lipinski definition) is 1. The summed E-state index contributed by atoms with van der Waals surface area (Å²) >= 11 is 0. The van der Waals surface area contributed by atoms with Crippen LogP contribution < -0.4 is 15.0 Å².